The molecule has 2 aromatic carbocycles. The Morgan fingerprint density at radius 2 is 1.67 bits per heavy atom. The molecule has 0 aromatic heterocycles. The fourth-order valence-electron chi connectivity index (χ4n) is 2.00. The zero-order valence-corrected chi connectivity index (χ0v) is 11.8. The molecule has 0 aliphatic heterocycles. The number of hydrogen-bond donors (Lipinski definition) is 2. The number of nitrogens with one attached hydrogen (secondary N) is 1. The largest absolute Gasteiger partial charge is 0.478 e. The Balaban J connectivity index is 2.46. The number of nitro groups is 2. The lowest BCUT2D eigenvalue weighted by Gasteiger charge is -2.08. The van der Waals surface area contributed by atoms with E-state index in [4.69, 9.17) is 5.11 Å². The monoisotopic (exact) mass is 331 g/mol. The van der Waals surface area contributed by atoms with Gasteiger partial charge in [-0.05, 0) is 12.1 Å². The third-order valence-corrected chi connectivity index (χ3v) is 3.01. The van der Waals surface area contributed by atoms with Gasteiger partial charge in [-0.1, -0.05) is 12.1 Å². The lowest BCUT2D eigenvalue weighted by molar-refractivity contribution is -0.385. The summed E-state index contributed by atoms with van der Waals surface area (Å²) in [5, 5.41) is 33.1. The molecule has 0 spiro atoms. The number of carboxylic acids is 1. The van der Waals surface area contributed by atoms with Crippen LogP contribution >= 0.6 is 0 Å². The number of amides is 1. The molecule has 2 N–H and O–H groups in total. The molecule has 0 aliphatic rings. The maximum atomic E-state index is 12.3. The Bertz CT molecular complexity index is 831. The maximum absolute atomic E-state index is 12.3. The molecule has 2 rings (SSSR count). The van der Waals surface area contributed by atoms with Crippen molar-refractivity contribution in [3.05, 3.63) is 73.8 Å². The molecule has 0 heterocycles. The molecule has 0 bridgehead atoms. The highest BCUT2D eigenvalue weighted by molar-refractivity contribution is 6.13. The second-order valence-electron chi connectivity index (χ2n) is 4.52. The lowest BCUT2D eigenvalue weighted by Crippen LogP contribution is -2.18. The standard InChI is InChI=1S/C14H9N3O7/c18-13(15-8-3-1-4-9(7-8)16(21)22)12-10(14(19)20)5-2-6-11(12)17(23)24/h1-7H,(H,15,18)(H,19,20). The van der Waals surface area contributed by atoms with Crippen LogP contribution in [0.1, 0.15) is 20.7 Å². The number of carbonyl (C=O) groups excluding carboxylic acids is 1. The number of nitro benzene ring substituents is 2. The minimum Gasteiger partial charge on any atom is -0.478 e. The van der Waals surface area contributed by atoms with Crippen molar-refractivity contribution in [3.63, 3.8) is 0 Å². The van der Waals surface area contributed by atoms with E-state index in [-0.39, 0.29) is 11.4 Å². The van der Waals surface area contributed by atoms with Crippen LogP contribution in [0.25, 0.3) is 0 Å². The molecule has 0 atom stereocenters. The summed E-state index contributed by atoms with van der Waals surface area (Å²) in [6, 6.07) is 8.08. The van der Waals surface area contributed by atoms with Crippen LogP contribution in [0.15, 0.2) is 42.5 Å². The first-order valence-electron chi connectivity index (χ1n) is 6.37. The molecule has 122 valence electrons. The van der Waals surface area contributed by atoms with Crippen molar-refractivity contribution >= 4 is 28.9 Å². The predicted octanol–water partition coefficient (Wildman–Crippen LogP) is 2.45. The Hall–Kier alpha value is -3.82. The average Bonchev–Trinajstić information content (AvgIpc) is 2.54. The van der Waals surface area contributed by atoms with Gasteiger partial charge in [0.1, 0.15) is 5.56 Å². The van der Waals surface area contributed by atoms with Crippen molar-refractivity contribution in [3.8, 4) is 0 Å². The fraction of sp³-hybridized carbons (Fsp3) is 0. The van der Waals surface area contributed by atoms with Gasteiger partial charge in [0.05, 0.1) is 15.4 Å². The van der Waals surface area contributed by atoms with Crippen LogP contribution in [0.2, 0.25) is 0 Å². The topological polar surface area (TPSA) is 153 Å². The van der Waals surface area contributed by atoms with E-state index in [9.17, 15) is 29.8 Å². The minimum absolute atomic E-state index is 0.00342. The van der Waals surface area contributed by atoms with E-state index in [2.05, 4.69) is 5.32 Å². The van der Waals surface area contributed by atoms with Gasteiger partial charge in [0.25, 0.3) is 17.3 Å². The van der Waals surface area contributed by atoms with E-state index < -0.39 is 38.5 Å². The molecular formula is C14H9N3O7. The number of nitrogens with zero attached hydrogens (tertiary/aromatic N) is 2. The number of rotatable bonds is 5. The van der Waals surface area contributed by atoms with E-state index >= 15 is 0 Å². The number of carbonyl (C=O) groups is 2. The first kappa shape index (κ1) is 16.5. The third kappa shape index (κ3) is 3.32. The van der Waals surface area contributed by atoms with E-state index in [1.807, 2.05) is 0 Å². The van der Waals surface area contributed by atoms with Crippen LogP contribution in [0.4, 0.5) is 17.1 Å². The molecular weight excluding hydrogens is 322 g/mol. The van der Waals surface area contributed by atoms with Gasteiger partial charge in [-0.3, -0.25) is 25.0 Å². The van der Waals surface area contributed by atoms with E-state index in [1.165, 1.54) is 18.2 Å². The maximum Gasteiger partial charge on any atom is 0.336 e. The Morgan fingerprint density at radius 1 is 1.00 bits per heavy atom. The van der Waals surface area contributed by atoms with Crippen molar-refractivity contribution in [2.45, 2.75) is 0 Å². The van der Waals surface area contributed by atoms with Crippen molar-refractivity contribution < 1.29 is 24.5 Å². The summed E-state index contributed by atoms with van der Waals surface area (Å²) in [7, 11) is 0. The molecule has 1 amide bonds. The van der Waals surface area contributed by atoms with E-state index in [0.29, 0.717) is 0 Å². The van der Waals surface area contributed by atoms with Crippen molar-refractivity contribution in [2.24, 2.45) is 0 Å². The molecule has 0 aliphatic carbocycles. The molecule has 2 aromatic rings. The molecule has 0 saturated heterocycles. The smallest absolute Gasteiger partial charge is 0.336 e. The molecule has 0 fully saturated rings. The van der Waals surface area contributed by atoms with Crippen LogP contribution in [-0.4, -0.2) is 26.8 Å². The SMILES string of the molecule is O=C(O)c1cccc([N+](=O)[O-])c1C(=O)Nc1cccc([N+](=O)[O-])c1. The Kier molecular flexibility index (Phi) is 4.50. The highest BCUT2D eigenvalue weighted by Crippen LogP contribution is 2.25. The Morgan fingerprint density at radius 3 is 2.25 bits per heavy atom. The number of benzene rings is 2. The number of hydrogen-bond acceptors (Lipinski definition) is 6. The van der Waals surface area contributed by atoms with Crippen LogP contribution in [0.5, 0.6) is 0 Å². The van der Waals surface area contributed by atoms with Gasteiger partial charge in [0.15, 0.2) is 0 Å². The number of anilines is 1. The molecule has 24 heavy (non-hydrogen) atoms. The van der Waals surface area contributed by atoms with Gasteiger partial charge >= 0.3 is 5.97 Å². The summed E-state index contributed by atoms with van der Waals surface area (Å²) in [5.74, 6) is -2.57. The van der Waals surface area contributed by atoms with Crippen molar-refractivity contribution in [1.82, 2.24) is 0 Å². The molecule has 10 nitrogen and oxygen atoms in total. The van der Waals surface area contributed by atoms with Crippen LogP contribution in [-0.2, 0) is 0 Å². The third-order valence-electron chi connectivity index (χ3n) is 3.01. The summed E-state index contributed by atoms with van der Waals surface area (Å²) in [4.78, 5) is 43.7. The number of carboxylic acid groups (broad SMARTS) is 1. The normalized spacial score (nSPS) is 10.0. The van der Waals surface area contributed by atoms with Gasteiger partial charge in [0.2, 0.25) is 0 Å². The first-order chi connectivity index (χ1) is 11.3. The molecule has 0 unspecified atom stereocenters. The van der Waals surface area contributed by atoms with Gasteiger partial charge in [0, 0.05) is 23.9 Å². The van der Waals surface area contributed by atoms with Crippen LogP contribution in [0.3, 0.4) is 0 Å². The molecule has 10 heteroatoms. The number of aromatic carboxylic acids is 1. The predicted molar refractivity (Wildman–Crippen MR) is 81.1 cm³/mol. The zero-order chi connectivity index (χ0) is 17.9. The minimum atomic E-state index is -1.51. The highest BCUT2D eigenvalue weighted by atomic mass is 16.6. The van der Waals surface area contributed by atoms with E-state index in [1.54, 1.807) is 0 Å². The quantitative estimate of drug-likeness (QED) is 0.630. The van der Waals surface area contributed by atoms with Crippen LogP contribution < -0.4 is 5.32 Å². The zero-order valence-electron chi connectivity index (χ0n) is 11.8. The summed E-state index contributed by atoms with van der Waals surface area (Å²) < 4.78 is 0. The summed E-state index contributed by atoms with van der Waals surface area (Å²) >= 11 is 0. The second-order valence-corrected chi connectivity index (χ2v) is 4.52. The van der Waals surface area contributed by atoms with Gasteiger partial charge < -0.3 is 10.4 Å². The van der Waals surface area contributed by atoms with Crippen molar-refractivity contribution in [2.75, 3.05) is 5.32 Å². The number of non-ortho nitro benzene ring substituents is 1. The fourth-order valence-corrected chi connectivity index (χ4v) is 2.00. The van der Waals surface area contributed by atoms with Crippen molar-refractivity contribution in [1.29, 1.82) is 0 Å². The molecule has 0 saturated carbocycles. The van der Waals surface area contributed by atoms with Gasteiger partial charge in [-0.2, -0.15) is 0 Å². The summed E-state index contributed by atoms with van der Waals surface area (Å²) in [6.07, 6.45) is 0. The second kappa shape index (κ2) is 6.52. The highest BCUT2D eigenvalue weighted by Gasteiger charge is 2.27. The van der Waals surface area contributed by atoms with Gasteiger partial charge in [-0.15, -0.1) is 0 Å². The van der Waals surface area contributed by atoms with Gasteiger partial charge in [-0.25, -0.2) is 4.79 Å². The van der Waals surface area contributed by atoms with Crippen LogP contribution in [0, 0.1) is 20.2 Å². The van der Waals surface area contributed by atoms with E-state index in [0.717, 1.165) is 24.3 Å². The Labute approximate surface area is 133 Å². The summed E-state index contributed by atoms with van der Waals surface area (Å²) in [6.45, 7) is 0. The first-order valence-corrected chi connectivity index (χ1v) is 6.37. The average molecular weight is 331 g/mol. The lowest BCUT2D eigenvalue weighted by atomic mass is 10.0. The summed E-state index contributed by atoms with van der Waals surface area (Å²) in [5.41, 5.74) is -2.16. The molecule has 0 radical (unpaired) electrons.